The fraction of sp³-hybridized carbons (Fsp3) is 0.316. The molecule has 1 amide bonds. The summed E-state index contributed by atoms with van der Waals surface area (Å²) in [5.41, 5.74) is 2.81. The minimum absolute atomic E-state index is 0.0712. The molecule has 134 valence electrons. The van der Waals surface area contributed by atoms with Gasteiger partial charge >= 0.3 is 0 Å². The molecule has 2 aromatic carbocycles. The molecule has 0 spiro atoms. The van der Waals surface area contributed by atoms with E-state index in [-0.39, 0.29) is 16.8 Å². The van der Waals surface area contributed by atoms with E-state index in [0.29, 0.717) is 11.3 Å². The first-order valence-electron chi connectivity index (χ1n) is 8.24. The van der Waals surface area contributed by atoms with E-state index in [1.54, 1.807) is 6.07 Å². The lowest BCUT2D eigenvalue weighted by atomic mass is 10.1. The summed E-state index contributed by atoms with van der Waals surface area (Å²) in [5.74, 6) is -0.208. The Labute approximate surface area is 149 Å². The SMILES string of the molecule is CCC(C)NC(=O)c1ccc(S(=O)(=O)Nc2cc(C)ccc2C)cc1. The van der Waals surface area contributed by atoms with Crippen LogP contribution >= 0.6 is 0 Å². The predicted octanol–water partition coefficient (Wildman–Crippen LogP) is 3.63. The lowest BCUT2D eigenvalue weighted by Crippen LogP contribution is -2.31. The fourth-order valence-electron chi connectivity index (χ4n) is 2.24. The average Bonchev–Trinajstić information content (AvgIpc) is 2.58. The Morgan fingerprint density at radius 3 is 2.32 bits per heavy atom. The van der Waals surface area contributed by atoms with E-state index in [9.17, 15) is 13.2 Å². The number of nitrogens with one attached hydrogen (secondary N) is 2. The number of carbonyl (C=O) groups excluding carboxylic acids is 1. The Bertz CT molecular complexity index is 859. The van der Waals surface area contributed by atoms with Crippen molar-refractivity contribution in [1.29, 1.82) is 0 Å². The lowest BCUT2D eigenvalue weighted by Gasteiger charge is -2.13. The van der Waals surface area contributed by atoms with Gasteiger partial charge in [-0.1, -0.05) is 19.1 Å². The molecule has 5 nitrogen and oxygen atoms in total. The predicted molar refractivity (Wildman–Crippen MR) is 100 cm³/mol. The third-order valence-electron chi connectivity index (χ3n) is 4.05. The molecular weight excluding hydrogens is 336 g/mol. The van der Waals surface area contributed by atoms with Gasteiger partial charge in [-0.15, -0.1) is 0 Å². The third kappa shape index (κ3) is 4.82. The lowest BCUT2D eigenvalue weighted by molar-refractivity contribution is 0.0939. The van der Waals surface area contributed by atoms with Crippen LogP contribution in [0.25, 0.3) is 0 Å². The number of rotatable bonds is 6. The summed E-state index contributed by atoms with van der Waals surface area (Å²) >= 11 is 0. The van der Waals surface area contributed by atoms with E-state index >= 15 is 0 Å². The number of anilines is 1. The first-order valence-corrected chi connectivity index (χ1v) is 9.72. The normalized spacial score (nSPS) is 12.5. The second-order valence-electron chi connectivity index (χ2n) is 6.23. The number of benzene rings is 2. The van der Waals surface area contributed by atoms with Crippen LogP contribution in [0.3, 0.4) is 0 Å². The molecule has 2 rings (SSSR count). The summed E-state index contributed by atoms with van der Waals surface area (Å²) in [6, 6.07) is 11.6. The van der Waals surface area contributed by atoms with E-state index in [0.717, 1.165) is 17.5 Å². The fourth-order valence-corrected chi connectivity index (χ4v) is 3.37. The molecule has 0 radical (unpaired) electrons. The summed E-state index contributed by atoms with van der Waals surface area (Å²) in [4.78, 5) is 12.2. The van der Waals surface area contributed by atoms with Gasteiger partial charge in [0.05, 0.1) is 10.6 Å². The maximum Gasteiger partial charge on any atom is 0.261 e. The Morgan fingerprint density at radius 2 is 1.72 bits per heavy atom. The van der Waals surface area contributed by atoms with Crippen molar-refractivity contribution in [3.63, 3.8) is 0 Å². The zero-order valence-electron chi connectivity index (χ0n) is 15.0. The number of hydrogen-bond acceptors (Lipinski definition) is 3. The van der Waals surface area contributed by atoms with Gasteiger partial charge in [-0.2, -0.15) is 0 Å². The molecular formula is C19H24N2O3S. The molecule has 0 bridgehead atoms. The van der Waals surface area contributed by atoms with Crippen molar-refractivity contribution in [2.24, 2.45) is 0 Å². The zero-order chi connectivity index (χ0) is 18.6. The molecule has 0 aliphatic rings. The van der Waals surface area contributed by atoms with E-state index in [1.165, 1.54) is 24.3 Å². The summed E-state index contributed by atoms with van der Waals surface area (Å²) < 4.78 is 27.7. The van der Waals surface area contributed by atoms with Crippen LogP contribution < -0.4 is 10.0 Å². The van der Waals surface area contributed by atoms with Gasteiger partial charge in [0.1, 0.15) is 0 Å². The second kappa shape index (κ2) is 7.70. The molecule has 0 saturated heterocycles. The van der Waals surface area contributed by atoms with Crippen molar-refractivity contribution in [2.45, 2.75) is 45.1 Å². The molecule has 0 aliphatic heterocycles. The highest BCUT2D eigenvalue weighted by atomic mass is 32.2. The van der Waals surface area contributed by atoms with Crippen LogP contribution in [0.4, 0.5) is 5.69 Å². The van der Waals surface area contributed by atoms with Crippen molar-refractivity contribution in [3.05, 3.63) is 59.2 Å². The van der Waals surface area contributed by atoms with Crippen LogP contribution in [0, 0.1) is 13.8 Å². The molecule has 2 N–H and O–H groups in total. The largest absolute Gasteiger partial charge is 0.350 e. The maximum absolute atomic E-state index is 12.6. The van der Waals surface area contributed by atoms with Crippen molar-refractivity contribution in [3.8, 4) is 0 Å². The van der Waals surface area contributed by atoms with Gasteiger partial charge in [0, 0.05) is 11.6 Å². The molecule has 0 aliphatic carbocycles. The third-order valence-corrected chi connectivity index (χ3v) is 5.44. The van der Waals surface area contributed by atoms with Crippen LogP contribution in [0.5, 0.6) is 0 Å². The van der Waals surface area contributed by atoms with Gasteiger partial charge in [0.25, 0.3) is 15.9 Å². The summed E-state index contributed by atoms with van der Waals surface area (Å²) in [6.07, 6.45) is 0.831. The number of sulfonamides is 1. The highest BCUT2D eigenvalue weighted by Gasteiger charge is 2.16. The number of carbonyl (C=O) groups is 1. The number of amides is 1. The van der Waals surface area contributed by atoms with Gasteiger partial charge in [-0.3, -0.25) is 9.52 Å². The van der Waals surface area contributed by atoms with Gasteiger partial charge in [-0.05, 0) is 68.7 Å². The van der Waals surface area contributed by atoms with Crippen molar-refractivity contribution < 1.29 is 13.2 Å². The quantitative estimate of drug-likeness (QED) is 0.826. The highest BCUT2D eigenvalue weighted by Crippen LogP contribution is 2.21. The number of aryl methyl sites for hydroxylation is 2. The molecule has 0 fully saturated rings. The van der Waals surface area contributed by atoms with E-state index in [4.69, 9.17) is 0 Å². The topological polar surface area (TPSA) is 75.3 Å². The van der Waals surface area contributed by atoms with Gasteiger partial charge in [0.15, 0.2) is 0 Å². The van der Waals surface area contributed by atoms with E-state index in [2.05, 4.69) is 10.0 Å². The van der Waals surface area contributed by atoms with Gasteiger partial charge < -0.3 is 5.32 Å². The summed E-state index contributed by atoms with van der Waals surface area (Å²) in [7, 11) is -3.70. The zero-order valence-corrected chi connectivity index (χ0v) is 15.8. The second-order valence-corrected chi connectivity index (χ2v) is 7.91. The van der Waals surface area contributed by atoms with Crippen molar-refractivity contribution in [1.82, 2.24) is 5.32 Å². The Morgan fingerprint density at radius 1 is 1.08 bits per heavy atom. The molecule has 25 heavy (non-hydrogen) atoms. The molecule has 6 heteroatoms. The van der Waals surface area contributed by atoms with E-state index < -0.39 is 10.0 Å². The monoisotopic (exact) mass is 360 g/mol. The minimum Gasteiger partial charge on any atom is -0.350 e. The molecule has 1 atom stereocenters. The standard InChI is InChI=1S/C19H24N2O3S/c1-5-15(4)20-19(22)16-8-10-17(11-9-16)25(23,24)21-18-12-13(2)6-7-14(18)3/h6-12,15,21H,5H2,1-4H3,(H,20,22). The van der Waals surface area contributed by atoms with Crippen LogP contribution in [-0.2, 0) is 10.0 Å². The Balaban J connectivity index is 2.20. The smallest absolute Gasteiger partial charge is 0.261 e. The Kier molecular flexibility index (Phi) is 5.85. The van der Waals surface area contributed by atoms with Crippen LogP contribution in [-0.4, -0.2) is 20.4 Å². The Hall–Kier alpha value is -2.34. The van der Waals surface area contributed by atoms with Crippen LogP contribution in [0.15, 0.2) is 47.4 Å². The first kappa shape index (κ1) is 19.0. The van der Waals surface area contributed by atoms with Crippen LogP contribution in [0.1, 0.15) is 41.8 Å². The highest BCUT2D eigenvalue weighted by molar-refractivity contribution is 7.92. The van der Waals surface area contributed by atoms with E-state index in [1.807, 2.05) is 39.8 Å². The molecule has 2 aromatic rings. The summed E-state index contributed by atoms with van der Waals surface area (Å²) in [5, 5.41) is 2.85. The minimum atomic E-state index is -3.70. The molecule has 0 saturated carbocycles. The van der Waals surface area contributed by atoms with Crippen molar-refractivity contribution >= 4 is 21.6 Å². The number of hydrogen-bond donors (Lipinski definition) is 2. The van der Waals surface area contributed by atoms with Gasteiger partial charge in [-0.25, -0.2) is 8.42 Å². The molecule has 1 unspecified atom stereocenters. The summed E-state index contributed by atoms with van der Waals surface area (Å²) in [6.45, 7) is 7.66. The van der Waals surface area contributed by atoms with Crippen molar-refractivity contribution in [2.75, 3.05) is 4.72 Å². The maximum atomic E-state index is 12.6. The molecule has 0 aromatic heterocycles. The molecule has 0 heterocycles. The van der Waals surface area contributed by atoms with Crippen LogP contribution in [0.2, 0.25) is 0 Å². The van der Waals surface area contributed by atoms with Gasteiger partial charge in [0.2, 0.25) is 0 Å². The first-order chi connectivity index (χ1) is 11.7. The average molecular weight is 360 g/mol.